The van der Waals surface area contributed by atoms with Gasteiger partial charge in [-0.2, -0.15) is 0 Å². The van der Waals surface area contributed by atoms with Gasteiger partial charge in [-0.3, -0.25) is 4.79 Å². The lowest BCUT2D eigenvalue weighted by Crippen LogP contribution is -2.40. The highest BCUT2D eigenvalue weighted by Crippen LogP contribution is 2.16. The summed E-state index contributed by atoms with van der Waals surface area (Å²) in [5, 5.41) is 14.7. The van der Waals surface area contributed by atoms with Crippen LogP contribution in [0, 0.1) is 6.92 Å². The molecule has 25 heavy (non-hydrogen) atoms. The first-order chi connectivity index (χ1) is 12.0. The van der Waals surface area contributed by atoms with Gasteiger partial charge in [-0.25, -0.2) is 9.78 Å². The third kappa shape index (κ3) is 5.86. The number of aliphatic carboxylic acids is 1. The van der Waals surface area contributed by atoms with Gasteiger partial charge in [-0.15, -0.1) is 11.3 Å². The number of hydrogen-bond acceptors (Lipinski definition) is 5. The number of rotatable bonds is 9. The molecule has 2 rings (SSSR count). The first-order valence-corrected chi connectivity index (χ1v) is 9.05. The van der Waals surface area contributed by atoms with Crippen LogP contribution in [0.4, 0.5) is 0 Å². The van der Waals surface area contributed by atoms with Crippen molar-refractivity contribution in [1.29, 1.82) is 0 Å². The summed E-state index contributed by atoms with van der Waals surface area (Å²) >= 11 is 1.55. The average Bonchev–Trinajstić information content (AvgIpc) is 3.02. The number of nitrogens with one attached hydrogen (secondary N) is 1. The molecule has 2 aromatic rings. The van der Waals surface area contributed by atoms with Crippen molar-refractivity contribution >= 4 is 23.2 Å². The highest BCUT2D eigenvalue weighted by molar-refractivity contribution is 7.09. The number of benzene rings is 1. The van der Waals surface area contributed by atoms with Crippen LogP contribution in [0.5, 0.6) is 5.75 Å². The van der Waals surface area contributed by atoms with Gasteiger partial charge in [0, 0.05) is 10.9 Å². The zero-order valence-electron chi connectivity index (χ0n) is 14.3. The van der Waals surface area contributed by atoms with Gasteiger partial charge in [0.2, 0.25) is 0 Å². The molecule has 0 fully saturated rings. The van der Waals surface area contributed by atoms with Crippen LogP contribution >= 0.6 is 11.3 Å². The minimum absolute atomic E-state index is 0.323. The molecule has 134 valence electrons. The van der Waals surface area contributed by atoms with Crippen molar-refractivity contribution < 1.29 is 19.4 Å². The second kappa shape index (κ2) is 9.17. The van der Waals surface area contributed by atoms with Crippen LogP contribution in [0.2, 0.25) is 0 Å². The summed E-state index contributed by atoms with van der Waals surface area (Å²) in [6.07, 6.45) is 2.03. The highest BCUT2D eigenvalue weighted by Gasteiger charge is 2.20. The summed E-state index contributed by atoms with van der Waals surface area (Å²) in [6, 6.07) is 5.82. The average molecular weight is 362 g/mol. The fourth-order valence-corrected chi connectivity index (χ4v) is 2.86. The smallest absolute Gasteiger partial charge is 0.326 e. The third-order valence-corrected chi connectivity index (χ3v) is 4.42. The first kappa shape index (κ1) is 18.9. The normalized spacial score (nSPS) is 11.8. The Labute approximate surface area is 150 Å². The van der Waals surface area contributed by atoms with Crippen LogP contribution in [-0.2, 0) is 11.4 Å². The molecular formula is C18H22N2O4S. The van der Waals surface area contributed by atoms with Crippen molar-refractivity contribution in [2.45, 2.75) is 45.8 Å². The Kier molecular flexibility index (Phi) is 6.94. The summed E-state index contributed by atoms with van der Waals surface area (Å²) in [6.45, 7) is 4.23. The predicted molar refractivity (Wildman–Crippen MR) is 96.0 cm³/mol. The fourth-order valence-electron chi connectivity index (χ4n) is 2.27. The second-order valence-corrected chi connectivity index (χ2v) is 6.74. The maximum atomic E-state index is 12.3. The summed E-state index contributed by atoms with van der Waals surface area (Å²) in [5.41, 5.74) is 1.21. The number of unbranched alkanes of at least 4 members (excludes halogenated alkanes) is 1. The van der Waals surface area contributed by atoms with E-state index in [1.54, 1.807) is 35.6 Å². The zero-order chi connectivity index (χ0) is 18.2. The van der Waals surface area contributed by atoms with Crippen molar-refractivity contribution in [3.8, 4) is 5.75 Å². The topological polar surface area (TPSA) is 88.5 Å². The molecule has 1 aromatic carbocycles. The van der Waals surface area contributed by atoms with Crippen molar-refractivity contribution in [3.63, 3.8) is 0 Å². The Hall–Kier alpha value is -2.41. The van der Waals surface area contributed by atoms with Crippen LogP contribution in [0.15, 0.2) is 29.6 Å². The Morgan fingerprint density at radius 3 is 2.84 bits per heavy atom. The second-order valence-electron chi connectivity index (χ2n) is 5.68. The van der Waals surface area contributed by atoms with Crippen molar-refractivity contribution in [2.24, 2.45) is 0 Å². The highest BCUT2D eigenvalue weighted by atomic mass is 32.1. The standard InChI is InChI=1S/C18H22N2O4S/c1-3-4-8-16(18(22)23)20-17(21)13-6-5-7-15(9-13)24-10-14-11-25-12(2)19-14/h5-7,9,11,16H,3-4,8,10H2,1-2H3,(H,20,21)(H,22,23)/t16-/m0/s1. The number of carboxylic acid groups (broad SMARTS) is 1. The van der Waals surface area contributed by atoms with Crippen molar-refractivity contribution in [1.82, 2.24) is 10.3 Å². The quantitative estimate of drug-likeness (QED) is 0.714. The molecule has 1 heterocycles. The van der Waals surface area contributed by atoms with E-state index in [4.69, 9.17) is 4.74 Å². The molecular weight excluding hydrogens is 340 g/mol. The van der Waals surface area contributed by atoms with Crippen LogP contribution in [0.25, 0.3) is 0 Å². The van der Waals surface area contributed by atoms with Crippen LogP contribution in [0.3, 0.4) is 0 Å². The van der Waals surface area contributed by atoms with Gasteiger partial charge >= 0.3 is 5.97 Å². The number of ether oxygens (including phenoxy) is 1. The van der Waals surface area contributed by atoms with Gasteiger partial charge in [-0.05, 0) is 31.5 Å². The first-order valence-electron chi connectivity index (χ1n) is 8.17. The number of nitrogens with zero attached hydrogens (tertiary/aromatic N) is 1. The molecule has 0 aliphatic heterocycles. The number of carbonyl (C=O) groups excluding carboxylic acids is 1. The van der Waals surface area contributed by atoms with E-state index in [0.29, 0.717) is 24.3 Å². The molecule has 0 aliphatic carbocycles. The van der Waals surface area contributed by atoms with E-state index >= 15 is 0 Å². The van der Waals surface area contributed by atoms with Crippen LogP contribution < -0.4 is 10.1 Å². The van der Waals surface area contributed by atoms with E-state index in [1.165, 1.54) is 0 Å². The molecule has 0 unspecified atom stereocenters. The number of hydrogen-bond donors (Lipinski definition) is 2. The molecule has 0 saturated heterocycles. The molecule has 0 saturated carbocycles. The molecule has 2 N–H and O–H groups in total. The monoisotopic (exact) mass is 362 g/mol. The van der Waals surface area contributed by atoms with E-state index < -0.39 is 17.9 Å². The van der Waals surface area contributed by atoms with E-state index in [0.717, 1.165) is 23.5 Å². The van der Waals surface area contributed by atoms with Crippen molar-refractivity contribution in [2.75, 3.05) is 0 Å². The number of thiazole rings is 1. The van der Waals surface area contributed by atoms with Gasteiger partial charge in [0.15, 0.2) is 0 Å². The lowest BCUT2D eigenvalue weighted by Gasteiger charge is -2.14. The van der Waals surface area contributed by atoms with E-state index in [2.05, 4.69) is 10.3 Å². The van der Waals surface area contributed by atoms with Crippen LogP contribution in [-0.4, -0.2) is 28.0 Å². The minimum atomic E-state index is -1.02. The van der Waals surface area contributed by atoms with Gasteiger partial charge in [0.25, 0.3) is 5.91 Å². The Morgan fingerprint density at radius 1 is 1.40 bits per heavy atom. The minimum Gasteiger partial charge on any atom is -0.487 e. The Morgan fingerprint density at radius 2 is 2.20 bits per heavy atom. The summed E-state index contributed by atoms with van der Waals surface area (Å²) < 4.78 is 5.66. The van der Waals surface area contributed by atoms with E-state index in [1.807, 2.05) is 19.2 Å². The molecule has 7 heteroatoms. The zero-order valence-corrected chi connectivity index (χ0v) is 15.1. The van der Waals surface area contributed by atoms with Gasteiger partial charge in [-0.1, -0.05) is 25.8 Å². The molecule has 0 spiro atoms. The third-order valence-electron chi connectivity index (χ3n) is 3.60. The molecule has 0 bridgehead atoms. The molecule has 0 aliphatic rings. The maximum absolute atomic E-state index is 12.3. The van der Waals surface area contributed by atoms with Crippen LogP contribution in [0.1, 0.15) is 47.2 Å². The Bertz CT molecular complexity index is 729. The number of carboxylic acids is 1. The lowest BCUT2D eigenvalue weighted by atomic mass is 10.1. The number of carbonyl (C=O) groups is 2. The van der Waals surface area contributed by atoms with E-state index in [-0.39, 0.29) is 0 Å². The number of aromatic nitrogens is 1. The molecule has 0 radical (unpaired) electrons. The largest absolute Gasteiger partial charge is 0.487 e. The maximum Gasteiger partial charge on any atom is 0.326 e. The molecule has 1 amide bonds. The van der Waals surface area contributed by atoms with Gasteiger partial charge in [0.1, 0.15) is 18.4 Å². The summed E-state index contributed by atoms with van der Waals surface area (Å²) in [4.78, 5) is 27.9. The Balaban J connectivity index is 1.98. The van der Waals surface area contributed by atoms with Crippen molar-refractivity contribution in [3.05, 3.63) is 45.9 Å². The summed E-state index contributed by atoms with van der Waals surface area (Å²) in [5.74, 6) is -0.898. The van der Waals surface area contributed by atoms with Gasteiger partial charge < -0.3 is 15.2 Å². The predicted octanol–water partition coefficient (Wildman–Crippen LogP) is 3.40. The lowest BCUT2D eigenvalue weighted by molar-refractivity contribution is -0.139. The fraction of sp³-hybridized carbons (Fsp3) is 0.389. The molecule has 1 atom stereocenters. The van der Waals surface area contributed by atoms with E-state index in [9.17, 15) is 14.7 Å². The van der Waals surface area contributed by atoms with Gasteiger partial charge in [0.05, 0.1) is 10.7 Å². The molecule has 1 aromatic heterocycles. The molecule has 6 nitrogen and oxygen atoms in total. The number of aryl methyl sites for hydroxylation is 1. The summed E-state index contributed by atoms with van der Waals surface area (Å²) in [7, 11) is 0. The number of amides is 1. The SMILES string of the molecule is CCCC[C@H](NC(=O)c1cccc(OCc2csc(C)n2)c1)C(=O)O.